The highest BCUT2D eigenvalue weighted by Crippen LogP contribution is 2.20. The molecule has 0 spiro atoms. The second-order valence-corrected chi connectivity index (χ2v) is 4.55. The van der Waals surface area contributed by atoms with E-state index in [-0.39, 0.29) is 0 Å². The van der Waals surface area contributed by atoms with Crippen LogP contribution in [0.2, 0.25) is 0 Å². The van der Waals surface area contributed by atoms with E-state index in [1.54, 1.807) is 20.2 Å². The number of pyridine rings is 1. The molecule has 4 nitrogen and oxygen atoms in total. The van der Waals surface area contributed by atoms with Gasteiger partial charge in [0.1, 0.15) is 5.82 Å². The zero-order valence-electron chi connectivity index (χ0n) is 10.5. The number of aliphatic hydroxyl groups is 1. The van der Waals surface area contributed by atoms with Crippen LogP contribution in [0.15, 0.2) is 18.3 Å². The van der Waals surface area contributed by atoms with Crippen LogP contribution in [-0.2, 0) is 4.74 Å². The molecule has 2 heterocycles. The molecule has 0 bridgehead atoms. The van der Waals surface area contributed by atoms with Crippen LogP contribution in [0, 0.1) is 0 Å². The molecule has 1 aliphatic heterocycles. The number of hydrogen-bond acceptors (Lipinski definition) is 4. The third-order valence-corrected chi connectivity index (χ3v) is 3.35. The number of hydrogen-bond donors (Lipinski definition) is 1. The van der Waals surface area contributed by atoms with E-state index >= 15 is 0 Å². The molecule has 0 amide bonds. The van der Waals surface area contributed by atoms with Crippen LogP contribution in [0.4, 0.5) is 5.82 Å². The molecule has 2 rings (SSSR count). The number of ether oxygens (including phenoxy) is 1. The van der Waals surface area contributed by atoms with E-state index < -0.39 is 6.10 Å². The van der Waals surface area contributed by atoms with Gasteiger partial charge in [-0.3, -0.25) is 0 Å². The van der Waals surface area contributed by atoms with E-state index in [1.807, 2.05) is 12.1 Å². The fraction of sp³-hybridized carbons (Fsp3) is 0.615. The highest BCUT2D eigenvalue weighted by molar-refractivity contribution is 5.40. The third kappa shape index (κ3) is 2.96. The number of aromatic nitrogens is 1. The van der Waals surface area contributed by atoms with Gasteiger partial charge in [0.2, 0.25) is 0 Å². The Morgan fingerprint density at radius 2 is 2.12 bits per heavy atom. The van der Waals surface area contributed by atoms with E-state index in [9.17, 15) is 5.11 Å². The quantitative estimate of drug-likeness (QED) is 0.868. The van der Waals surface area contributed by atoms with Crippen molar-refractivity contribution in [2.75, 3.05) is 25.1 Å². The summed E-state index contributed by atoms with van der Waals surface area (Å²) in [5, 5.41) is 9.42. The molecule has 0 saturated carbocycles. The molecular weight excluding hydrogens is 216 g/mol. The molecule has 1 aromatic heterocycles. The minimum Gasteiger partial charge on any atom is -0.389 e. The smallest absolute Gasteiger partial charge is 0.128 e. The van der Waals surface area contributed by atoms with Gasteiger partial charge >= 0.3 is 0 Å². The molecule has 1 fully saturated rings. The number of nitrogens with zero attached hydrogens (tertiary/aromatic N) is 2. The van der Waals surface area contributed by atoms with Crippen LogP contribution in [-0.4, -0.2) is 36.4 Å². The van der Waals surface area contributed by atoms with Crippen LogP contribution in [0.1, 0.15) is 31.4 Å². The fourth-order valence-electron chi connectivity index (χ4n) is 2.15. The Morgan fingerprint density at radius 3 is 2.59 bits per heavy atom. The lowest BCUT2D eigenvalue weighted by Gasteiger charge is -2.32. The molecule has 94 valence electrons. The van der Waals surface area contributed by atoms with Crippen molar-refractivity contribution < 1.29 is 9.84 Å². The number of piperidine rings is 1. The van der Waals surface area contributed by atoms with Gasteiger partial charge in [-0.05, 0) is 31.4 Å². The molecule has 1 saturated heterocycles. The first kappa shape index (κ1) is 12.3. The van der Waals surface area contributed by atoms with Crippen molar-refractivity contribution in [3.8, 4) is 0 Å². The SMILES string of the molecule is COC1CCN(c2ccc([C@@H](C)O)cn2)CC1. The van der Waals surface area contributed by atoms with E-state index in [1.165, 1.54) is 0 Å². The number of rotatable bonds is 3. The summed E-state index contributed by atoms with van der Waals surface area (Å²) in [6.07, 6.45) is 3.80. The maximum Gasteiger partial charge on any atom is 0.128 e. The minimum atomic E-state index is -0.448. The molecule has 1 aliphatic rings. The van der Waals surface area contributed by atoms with Crippen molar-refractivity contribution in [3.05, 3.63) is 23.9 Å². The van der Waals surface area contributed by atoms with E-state index in [0.717, 1.165) is 37.3 Å². The average molecular weight is 236 g/mol. The lowest BCUT2D eigenvalue weighted by atomic mass is 10.1. The summed E-state index contributed by atoms with van der Waals surface area (Å²) in [5.41, 5.74) is 0.862. The second kappa shape index (κ2) is 5.47. The predicted molar refractivity (Wildman–Crippen MR) is 67.1 cm³/mol. The molecule has 0 unspecified atom stereocenters. The van der Waals surface area contributed by atoms with Crippen LogP contribution < -0.4 is 4.90 Å². The van der Waals surface area contributed by atoms with Gasteiger partial charge in [0.05, 0.1) is 12.2 Å². The summed E-state index contributed by atoms with van der Waals surface area (Å²) in [5.74, 6) is 0.990. The minimum absolute atomic E-state index is 0.392. The van der Waals surface area contributed by atoms with Crippen LogP contribution in [0.3, 0.4) is 0 Å². The molecule has 1 atom stereocenters. The first-order chi connectivity index (χ1) is 8.20. The Bertz CT molecular complexity index is 343. The van der Waals surface area contributed by atoms with Gasteiger partial charge in [-0.1, -0.05) is 6.07 Å². The van der Waals surface area contributed by atoms with Gasteiger partial charge in [0, 0.05) is 26.4 Å². The first-order valence-electron chi connectivity index (χ1n) is 6.12. The molecular formula is C13H20N2O2. The van der Waals surface area contributed by atoms with Crippen molar-refractivity contribution in [2.45, 2.75) is 32.0 Å². The Labute approximate surface area is 102 Å². The van der Waals surface area contributed by atoms with Crippen LogP contribution in [0.25, 0.3) is 0 Å². The zero-order valence-corrected chi connectivity index (χ0v) is 10.5. The molecule has 0 aliphatic carbocycles. The van der Waals surface area contributed by atoms with Crippen LogP contribution >= 0.6 is 0 Å². The van der Waals surface area contributed by atoms with Gasteiger partial charge in [-0.2, -0.15) is 0 Å². The second-order valence-electron chi connectivity index (χ2n) is 4.55. The van der Waals surface area contributed by atoms with Gasteiger partial charge in [-0.15, -0.1) is 0 Å². The lowest BCUT2D eigenvalue weighted by Crippen LogP contribution is -2.37. The molecule has 4 heteroatoms. The Morgan fingerprint density at radius 1 is 1.41 bits per heavy atom. The monoisotopic (exact) mass is 236 g/mol. The predicted octanol–water partition coefficient (Wildman–Crippen LogP) is 1.75. The van der Waals surface area contributed by atoms with Gasteiger partial charge in [0.25, 0.3) is 0 Å². The Kier molecular flexibility index (Phi) is 3.97. The highest BCUT2D eigenvalue weighted by Gasteiger charge is 2.19. The number of aliphatic hydroxyl groups excluding tert-OH is 1. The van der Waals surface area contributed by atoms with Gasteiger partial charge < -0.3 is 14.7 Å². The molecule has 0 radical (unpaired) electrons. The number of anilines is 1. The Hall–Kier alpha value is -1.13. The van der Waals surface area contributed by atoms with E-state index in [4.69, 9.17) is 4.74 Å². The van der Waals surface area contributed by atoms with E-state index in [2.05, 4.69) is 9.88 Å². The van der Waals surface area contributed by atoms with Crippen molar-refractivity contribution >= 4 is 5.82 Å². The lowest BCUT2D eigenvalue weighted by molar-refractivity contribution is 0.0818. The summed E-state index contributed by atoms with van der Waals surface area (Å²) >= 11 is 0. The molecule has 1 aromatic rings. The maximum atomic E-state index is 9.42. The summed E-state index contributed by atoms with van der Waals surface area (Å²) < 4.78 is 5.35. The molecule has 17 heavy (non-hydrogen) atoms. The van der Waals surface area contributed by atoms with Crippen LogP contribution in [0.5, 0.6) is 0 Å². The fourth-order valence-corrected chi connectivity index (χ4v) is 2.15. The summed E-state index contributed by atoms with van der Waals surface area (Å²) in [7, 11) is 1.77. The van der Waals surface area contributed by atoms with Gasteiger partial charge in [0.15, 0.2) is 0 Å². The molecule has 0 aromatic carbocycles. The average Bonchev–Trinajstić information content (AvgIpc) is 2.39. The summed E-state index contributed by atoms with van der Waals surface area (Å²) in [4.78, 5) is 6.66. The summed E-state index contributed by atoms with van der Waals surface area (Å²) in [6.45, 7) is 3.72. The Balaban J connectivity index is 1.99. The van der Waals surface area contributed by atoms with E-state index in [0.29, 0.717) is 6.10 Å². The number of methoxy groups -OCH3 is 1. The first-order valence-corrected chi connectivity index (χ1v) is 6.12. The summed E-state index contributed by atoms with van der Waals surface area (Å²) in [6, 6.07) is 3.92. The largest absolute Gasteiger partial charge is 0.389 e. The van der Waals surface area contributed by atoms with Crippen molar-refractivity contribution in [1.82, 2.24) is 4.98 Å². The topological polar surface area (TPSA) is 45.6 Å². The van der Waals surface area contributed by atoms with Crippen molar-refractivity contribution in [3.63, 3.8) is 0 Å². The third-order valence-electron chi connectivity index (χ3n) is 3.35. The molecule has 1 N–H and O–H groups in total. The highest BCUT2D eigenvalue weighted by atomic mass is 16.5. The van der Waals surface area contributed by atoms with Crippen molar-refractivity contribution in [1.29, 1.82) is 0 Å². The van der Waals surface area contributed by atoms with Crippen molar-refractivity contribution in [2.24, 2.45) is 0 Å². The maximum absolute atomic E-state index is 9.42. The zero-order chi connectivity index (χ0) is 12.3. The normalized spacial score (nSPS) is 19.4. The van der Waals surface area contributed by atoms with Gasteiger partial charge in [-0.25, -0.2) is 4.98 Å². The standard InChI is InChI=1S/C13H20N2O2/c1-10(16)11-3-4-13(14-9-11)15-7-5-12(17-2)6-8-15/h3-4,9-10,12,16H,5-8H2,1-2H3/t10-/m1/s1.